The van der Waals surface area contributed by atoms with E-state index < -0.39 is 28.0 Å². The van der Waals surface area contributed by atoms with Gasteiger partial charge in [0.25, 0.3) is 0 Å². The van der Waals surface area contributed by atoms with Crippen LogP contribution in [0.5, 0.6) is 5.75 Å². The number of benzene rings is 2. The molecule has 34 heavy (non-hydrogen) atoms. The van der Waals surface area contributed by atoms with Crippen LogP contribution in [-0.2, 0) is 14.8 Å². The number of nitrogens with zero attached hydrogens (tertiary/aromatic N) is 3. The Kier molecular flexibility index (Phi) is 8.29. The van der Waals surface area contributed by atoms with Crippen molar-refractivity contribution in [2.45, 2.75) is 6.18 Å². The quantitative estimate of drug-likeness (QED) is 0.431. The second kappa shape index (κ2) is 10.7. The van der Waals surface area contributed by atoms with Gasteiger partial charge < -0.3 is 15.2 Å². The summed E-state index contributed by atoms with van der Waals surface area (Å²) in [7, 11) is -1.95. The molecule has 0 saturated carbocycles. The molecule has 0 radical (unpaired) electrons. The highest BCUT2D eigenvalue weighted by atomic mass is 32.2. The zero-order valence-corrected chi connectivity index (χ0v) is 18.3. The van der Waals surface area contributed by atoms with Crippen LogP contribution in [0.4, 0.5) is 34.9 Å². The number of aliphatic carboxylic acids is 1. The molecule has 10 nitrogen and oxygen atoms in total. The van der Waals surface area contributed by atoms with Crippen LogP contribution in [0.15, 0.2) is 48.8 Å². The van der Waals surface area contributed by atoms with Crippen molar-refractivity contribution in [3.63, 3.8) is 0 Å². The lowest BCUT2D eigenvalue weighted by Crippen LogP contribution is -2.21. The Bertz CT molecular complexity index is 1270. The molecule has 0 atom stereocenters. The molecule has 0 amide bonds. The number of alkyl halides is 3. The molecule has 3 N–H and O–H groups in total. The maximum absolute atomic E-state index is 13.4. The van der Waals surface area contributed by atoms with Crippen molar-refractivity contribution >= 4 is 33.3 Å². The largest absolute Gasteiger partial charge is 0.496 e. The number of methoxy groups -OCH3 is 1. The molecule has 1 heterocycles. The van der Waals surface area contributed by atoms with E-state index in [9.17, 15) is 26.0 Å². The van der Waals surface area contributed by atoms with Gasteiger partial charge in [0, 0.05) is 11.8 Å². The van der Waals surface area contributed by atoms with Gasteiger partial charge in [0.05, 0.1) is 24.6 Å². The molecule has 15 heteroatoms. The van der Waals surface area contributed by atoms with Crippen LogP contribution < -0.4 is 14.8 Å². The van der Waals surface area contributed by atoms with Gasteiger partial charge in [0.15, 0.2) is 5.82 Å². The number of sulfonamides is 1. The van der Waals surface area contributed by atoms with E-state index in [4.69, 9.17) is 14.6 Å². The molecule has 1 aromatic heterocycles. The van der Waals surface area contributed by atoms with E-state index in [0.717, 1.165) is 6.26 Å². The summed E-state index contributed by atoms with van der Waals surface area (Å²) >= 11 is 0. The number of carboxylic acids is 1. The zero-order valence-electron chi connectivity index (χ0n) is 17.5. The Balaban J connectivity index is 0.000000509. The number of nitrogens with one attached hydrogen (secondary N) is 2. The molecular weight excluding hydrogens is 486 g/mol. The number of carboxylic acid groups (broad SMARTS) is 1. The number of anilines is 3. The average Bonchev–Trinajstić information content (AvgIpc) is 2.72. The highest BCUT2D eigenvalue weighted by Gasteiger charge is 2.38. The molecule has 0 bridgehead atoms. The summed E-state index contributed by atoms with van der Waals surface area (Å²) in [6, 6.07) is 10.7. The van der Waals surface area contributed by atoms with Gasteiger partial charge in [-0.1, -0.05) is 6.07 Å². The van der Waals surface area contributed by atoms with E-state index in [-0.39, 0.29) is 5.95 Å². The van der Waals surface area contributed by atoms with Crippen LogP contribution in [0.2, 0.25) is 0 Å². The van der Waals surface area contributed by atoms with Gasteiger partial charge in [-0.3, -0.25) is 4.72 Å². The van der Waals surface area contributed by atoms with Gasteiger partial charge in [-0.05, 0) is 30.3 Å². The summed E-state index contributed by atoms with van der Waals surface area (Å²) in [5, 5.41) is 10.1. The van der Waals surface area contributed by atoms with E-state index >= 15 is 0 Å². The number of aromatic nitrogens is 3. The molecule has 0 aliphatic heterocycles. The SMILES string of the molecule is COc1cc(F)ccc1-c1ncnc(Nc2cccc(NS(C)(=O)=O)c2)n1.O=C(O)C(F)(F)F. The molecule has 0 unspecified atom stereocenters. The van der Waals surface area contributed by atoms with Gasteiger partial charge in [-0.25, -0.2) is 27.6 Å². The van der Waals surface area contributed by atoms with Crippen molar-refractivity contribution in [3.05, 3.63) is 54.6 Å². The first-order chi connectivity index (χ1) is 15.8. The smallest absolute Gasteiger partial charge is 0.490 e. The molecule has 0 fully saturated rings. The lowest BCUT2D eigenvalue weighted by Gasteiger charge is -2.10. The van der Waals surface area contributed by atoms with Crippen LogP contribution >= 0.6 is 0 Å². The number of halogens is 4. The molecule has 182 valence electrons. The van der Waals surface area contributed by atoms with Crippen molar-refractivity contribution in [1.29, 1.82) is 0 Å². The molecule has 2 aromatic carbocycles. The molecular formula is C19H17F4N5O5S. The summed E-state index contributed by atoms with van der Waals surface area (Å²) in [6.07, 6.45) is -2.70. The average molecular weight is 503 g/mol. The monoisotopic (exact) mass is 503 g/mol. The summed E-state index contributed by atoms with van der Waals surface area (Å²) in [6.45, 7) is 0. The lowest BCUT2D eigenvalue weighted by atomic mass is 10.2. The van der Waals surface area contributed by atoms with E-state index in [1.165, 1.54) is 31.6 Å². The van der Waals surface area contributed by atoms with Gasteiger partial charge in [-0.15, -0.1) is 0 Å². The van der Waals surface area contributed by atoms with Gasteiger partial charge >= 0.3 is 12.1 Å². The summed E-state index contributed by atoms with van der Waals surface area (Å²) in [5.74, 6) is -2.35. The number of hydrogen-bond acceptors (Lipinski definition) is 8. The standard InChI is InChI=1S/C17H16FN5O3S.C2HF3O2/c1-26-15-8-11(18)6-7-14(15)16-19-10-20-17(22-16)21-12-4-3-5-13(9-12)23-27(2,24)25;3-2(4,5)1(6)7/h3-10,23H,1-2H3,(H,19,20,21,22);(H,6,7). The number of rotatable bonds is 6. The maximum atomic E-state index is 13.4. The Morgan fingerprint density at radius 3 is 2.32 bits per heavy atom. The molecule has 0 aliphatic rings. The fourth-order valence-corrected chi connectivity index (χ4v) is 2.89. The van der Waals surface area contributed by atoms with Crippen LogP contribution in [0.25, 0.3) is 11.4 Å². The minimum absolute atomic E-state index is 0.239. The van der Waals surface area contributed by atoms with Crippen LogP contribution in [0, 0.1) is 5.82 Å². The summed E-state index contributed by atoms with van der Waals surface area (Å²) in [5.41, 5.74) is 1.49. The maximum Gasteiger partial charge on any atom is 0.490 e. The Morgan fingerprint density at radius 2 is 1.74 bits per heavy atom. The first kappa shape index (κ1) is 26.2. The van der Waals surface area contributed by atoms with Crippen LogP contribution in [0.3, 0.4) is 0 Å². The minimum atomic E-state index is -5.08. The first-order valence-electron chi connectivity index (χ1n) is 8.96. The van der Waals surface area contributed by atoms with E-state index in [0.29, 0.717) is 28.5 Å². The Labute approximate surface area is 190 Å². The van der Waals surface area contributed by atoms with Gasteiger partial charge in [0.1, 0.15) is 17.9 Å². The van der Waals surface area contributed by atoms with Crippen molar-refractivity contribution in [2.75, 3.05) is 23.4 Å². The highest BCUT2D eigenvalue weighted by molar-refractivity contribution is 7.92. The Morgan fingerprint density at radius 1 is 1.09 bits per heavy atom. The molecule has 3 aromatic rings. The second-order valence-electron chi connectivity index (χ2n) is 6.36. The van der Waals surface area contributed by atoms with E-state index in [1.807, 2.05) is 0 Å². The molecule has 0 aliphatic carbocycles. The molecule has 3 rings (SSSR count). The number of carbonyl (C=O) groups is 1. The summed E-state index contributed by atoms with van der Waals surface area (Å²) in [4.78, 5) is 21.4. The number of ether oxygens (including phenoxy) is 1. The second-order valence-corrected chi connectivity index (χ2v) is 8.11. The summed E-state index contributed by atoms with van der Waals surface area (Å²) < 4.78 is 75.4. The van der Waals surface area contributed by atoms with Gasteiger partial charge in [-0.2, -0.15) is 18.2 Å². The highest BCUT2D eigenvalue weighted by Crippen LogP contribution is 2.28. The fourth-order valence-electron chi connectivity index (χ4n) is 2.34. The van der Waals surface area contributed by atoms with Crippen molar-refractivity contribution in [3.8, 4) is 17.1 Å². The third-order valence-electron chi connectivity index (χ3n) is 3.64. The fraction of sp³-hybridized carbons (Fsp3) is 0.158. The van der Waals surface area contributed by atoms with Crippen LogP contribution in [0.1, 0.15) is 0 Å². The van der Waals surface area contributed by atoms with Crippen molar-refractivity contribution in [2.24, 2.45) is 0 Å². The first-order valence-corrected chi connectivity index (χ1v) is 10.9. The normalized spacial score (nSPS) is 11.1. The molecule has 0 spiro atoms. The molecule has 0 saturated heterocycles. The lowest BCUT2D eigenvalue weighted by molar-refractivity contribution is -0.192. The number of hydrogen-bond donors (Lipinski definition) is 3. The third kappa shape index (κ3) is 8.16. The predicted octanol–water partition coefficient (Wildman–Crippen LogP) is 3.43. The van der Waals surface area contributed by atoms with Crippen molar-refractivity contribution < 1.29 is 40.6 Å². The van der Waals surface area contributed by atoms with Gasteiger partial charge in [0.2, 0.25) is 16.0 Å². The Hall–Kier alpha value is -4.01. The third-order valence-corrected chi connectivity index (χ3v) is 4.25. The zero-order chi connectivity index (χ0) is 25.5. The van der Waals surface area contributed by atoms with E-state index in [2.05, 4.69) is 25.0 Å². The van der Waals surface area contributed by atoms with E-state index in [1.54, 1.807) is 24.3 Å². The van der Waals surface area contributed by atoms with Crippen molar-refractivity contribution in [1.82, 2.24) is 15.0 Å². The predicted molar refractivity (Wildman–Crippen MR) is 114 cm³/mol. The van der Waals surface area contributed by atoms with Crippen LogP contribution in [-0.4, -0.2) is 54.0 Å². The minimum Gasteiger partial charge on any atom is -0.496 e. The topological polar surface area (TPSA) is 143 Å².